The number of benzene rings is 4. The third-order valence-electron chi connectivity index (χ3n) is 12.8. The second-order valence-corrected chi connectivity index (χ2v) is 18.8. The molecule has 370 valence electrons. The van der Waals surface area contributed by atoms with Crippen molar-refractivity contribution in [3.05, 3.63) is 132 Å². The van der Waals surface area contributed by atoms with Crippen LogP contribution in [0.4, 0.5) is 0 Å². The third kappa shape index (κ3) is 22.2. The summed E-state index contributed by atoms with van der Waals surface area (Å²) in [6.45, 7) is 9.97. The summed E-state index contributed by atoms with van der Waals surface area (Å²) < 4.78 is 16.2. The van der Waals surface area contributed by atoms with E-state index in [4.69, 9.17) is 32.4 Å². The Morgan fingerprint density at radius 2 is 1.14 bits per heavy atom. The molecule has 0 bridgehead atoms. The van der Waals surface area contributed by atoms with Gasteiger partial charge in [0.05, 0.1) is 19.7 Å². The minimum atomic E-state index is -0.181. The fourth-order valence-corrected chi connectivity index (χ4v) is 9.23. The fraction of sp³-hybridized carbons (Fsp3) is 0.421. The molecular formula is C57H73BrK2N6O5. The number of hydrogen-bond donors (Lipinski definition) is 1. The summed E-state index contributed by atoms with van der Waals surface area (Å²) in [6.07, 6.45) is 18.5. The minimum Gasteiger partial charge on any atom is -1.00 e. The van der Waals surface area contributed by atoms with Crippen LogP contribution in [0.1, 0.15) is 49.6 Å². The average Bonchev–Trinajstić information content (AvgIpc) is 3.85. The van der Waals surface area contributed by atoms with Gasteiger partial charge in [0.2, 0.25) is 0 Å². The molecular weight excluding hydrogens is 1010 g/mol. The molecule has 0 unspecified atom stereocenters. The summed E-state index contributed by atoms with van der Waals surface area (Å²) in [5, 5.41) is 15.1. The van der Waals surface area contributed by atoms with Crippen LogP contribution in [0.2, 0.25) is 0 Å². The summed E-state index contributed by atoms with van der Waals surface area (Å²) in [5.41, 5.74) is 7.90. The largest absolute Gasteiger partial charge is 1.00 e. The van der Waals surface area contributed by atoms with Crippen LogP contribution >= 0.6 is 15.9 Å². The maximum atomic E-state index is 8.64. The SMILES string of the molecule is C#CCN(C)Cc1cc2cc(OCCBr)ccc2n1C.C#CCN(C)Cc1cc2cc(OCCN3CCC(Cc4ccccc4)CC3)ccc2n1C.O=CO[O-].[H-].[K+].[K+].c1ccc(CC2CCNCC2)cc1. The molecule has 1 N–H and O–H groups in total. The van der Waals surface area contributed by atoms with Crippen molar-refractivity contribution < 1.29 is 129 Å². The smallest absolute Gasteiger partial charge is 1.00 e. The van der Waals surface area contributed by atoms with Crippen LogP contribution in [0.3, 0.4) is 0 Å². The van der Waals surface area contributed by atoms with Crippen molar-refractivity contribution in [3.8, 4) is 36.2 Å². The van der Waals surface area contributed by atoms with Gasteiger partial charge in [-0.05, 0) is 150 Å². The summed E-state index contributed by atoms with van der Waals surface area (Å²) in [5.74, 6) is 8.94. The average molecular weight is 1080 g/mol. The number of rotatable bonds is 18. The van der Waals surface area contributed by atoms with Crippen LogP contribution in [0.25, 0.3) is 21.8 Å². The molecule has 2 aliphatic heterocycles. The number of aromatic nitrogens is 2. The van der Waals surface area contributed by atoms with Crippen LogP contribution in [-0.4, -0.2) is 109 Å². The maximum Gasteiger partial charge on any atom is 1.00 e. The number of ether oxygens (including phenoxy) is 2. The van der Waals surface area contributed by atoms with Crippen molar-refractivity contribution in [1.29, 1.82) is 0 Å². The molecule has 6 aromatic rings. The number of hydrogen-bond acceptors (Lipinski definition) is 9. The molecule has 2 aliphatic rings. The quantitative estimate of drug-likeness (QED) is 0.0348. The predicted molar refractivity (Wildman–Crippen MR) is 284 cm³/mol. The third-order valence-corrected chi connectivity index (χ3v) is 13.1. The molecule has 0 spiro atoms. The Morgan fingerprint density at radius 1 is 0.704 bits per heavy atom. The number of aryl methyl sites for hydroxylation is 2. The van der Waals surface area contributed by atoms with Gasteiger partial charge in [0.15, 0.2) is 0 Å². The van der Waals surface area contributed by atoms with Gasteiger partial charge in [-0.25, -0.2) is 0 Å². The van der Waals surface area contributed by atoms with Crippen molar-refractivity contribution in [2.75, 3.05) is 78.5 Å². The Labute approximate surface area is 519 Å². The van der Waals surface area contributed by atoms with E-state index < -0.39 is 0 Å². The van der Waals surface area contributed by atoms with Crippen molar-refractivity contribution in [2.45, 2.75) is 51.6 Å². The van der Waals surface area contributed by atoms with E-state index in [1.54, 1.807) is 0 Å². The Morgan fingerprint density at radius 3 is 1.56 bits per heavy atom. The molecule has 4 heterocycles. The monoisotopic (exact) mass is 1080 g/mol. The number of likely N-dealkylation sites (tertiary alicyclic amines) is 1. The maximum absolute atomic E-state index is 8.64. The van der Waals surface area contributed by atoms with Gasteiger partial charge in [-0.2, -0.15) is 0 Å². The molecule has 14 heteroatoms. The van der Waals surface area contributed by atoms with Crippen LogP contribution < -0.4 is 123 Å². The van der Waals surface area contributed by atoms with Crippen molar-refractivity contribution >= 4 is 44.2 Å². The number of fused-ring (bicyclic) bond motifs is 2. The first kappa shape index (κ1) is 63.0. The molecule has 0 saturated carbocycles. The predicted octanol–water partition coefficient (Wildman–Crippen LogP) is 2.38. The fourth-order valence-electron chi connectivity index (χ4n) is 9.07. The van der Waals surface area contributed by atoms with E-state index in [9.17, 15) is 0 Å². The normalized spacial score (nSPS) is 13.7. The van der Waals surface area contributed by atoms with Gasteiger partial charge >= 0.3 is 103 Å². The van der Waals surface area contributed by atoms with Crippen molar-refractivity contribution in [3.63, 3.8) is 0 Å². The zero-order chi connectivity index (χ0) is 49.2. The van der Waals surface area contributed by atoms with E-state index in [1.807, 2.05) is 13.1 Å². The van der Waals surface area contributed by atoms with Crippen LogP contribution in [0.15, 0.2) is 109 Å². The van der Waals surface area contributed by atoms with Crippen LogP contribution in [-0.2, 0) is 49.7 Å². The molecule has 2 fully saturated rings. The number of nitrogens with one attached hydrogen (secondary N) is 1. The topological polar surface area (TPSA) is 99.4 Å². The molecule has 2 aromatic heterocycles. The van der Waals surface area contributed by atoms with E-state index in [1.165, 1.54) is 109 Å². The van der Waals surface area contributed by atoms with Crippen molar-refractivity contribution in [2.24, 2.45) is 25.9 Å². The Hall–Kier alpha value is -2.30. The molecule has 0 aliphatic carbocycles. The van der Waals surface area contributed by atoms with Crippen LogP contribution in [0, 0.1) is 36.5 Å². The zero-order valence-corrected chi connectivity index (χ0v) is 51.0. The van der Waals surface area contributed by atoms with Gasteiger partial charge in [0.1, 0.15) is 18.1 Å². The summed E-state index contributed by atoms with van der Waals surface area (Å²) in [6, 6.07) is 38.8. The van der Waals surface area contributed by atoms with Crippen molar-refractivity contribution in [1.82, 2.24) is 29.2 Å². The molecule has 0 radical (unpaired) electrons. The van der Waals surface area contributed by atoms with Gasteiger partial charge < -0.3 is 35.5 Å². The number of carbonyl (C=O) groups is 1. The summed E-state index contributed by atoms with van der Waals surface area (Å²) >= 11 is 3.36. The Bertz CT molecular complexity index is 2500. The molecule has 4 aromatic carbocycles. The second-order valence-electron chi connectivity index (χ2n) is 18.0. The molecule has 2 saturated heterocycles. The number of terminal acetylenes is 2. The molecule has 0 atom stereocenters. The van der Waals surface area contributed by atoms with Gasteiger partial charge in [-0.3, -0.25) is 19.5 Å². The summed E-state index contributed by atoms with van der Waals surface area (Å²) in [7, 11) is 8.28. The van der Waals surface area contributed by atoms with E-state index in [0.29, 0.717) is 19.7 Å². The first-order valence-electron chi connectivity index (χ1n) is 24.1. The van der Waals surface area contributed by atoms with Crippen LogP contribution in [0.5, 0.6) is 11.5 Å². The standard InChI is InChI=1S/C28H35N3O.C16H19BrN2O.C12H17N.CH2O3.2K.H/c1-4-14-29(2)22-26-20-25-21-27(10-11-28(25)30(26)3)32-18-17-31-15-12-24(13-16-31)19-23-8-6-5-7-9-23;1-4-8-18(2)12-14-10-13-11-15(20-9-7-17)5-6-16(13)19(14)3;1-2-4-11(5-3-1)10-12-6-8-13-9-7-12;2-1-4-3;;;/h1,5-11,20-21,24H,12-19,22H2,2-3H3;1,5-6,10-11H,7-9,12H2,2-3H3;1-5,12-13H,6-10H2;1,3H;;;/q;;;;2*+1;-1/p-1. The van der Waals surface area contributed by atoms with E-state index in [0.717, 1.165) is 54.9 Å². The molecule has 8 rings (SSSR count). The Kier molecular flexibility index (Phi) is 31.8. The number of carbonyl (C=O) groups excluding carboxylic acids is 1. The molecule has 71 heavy (non-hydrogen) atoms. The number of alkyl halides is 1. The van der Waals surface area contributed by atoms with Gasteiger partial charge in [-0.15, -0.1) is 12.8 Å². The van der Waals surface area contributed by atoms with E-state index >= 15 is 0 Å². The number of halogens is 1. The van der Waals surface area contributed by atoms with Gasteiger partial charge in [0.25, 0.3) is 6.47 Å². The van der Waals surface area contributed by atoms with E-state index in [2.05, 4.69) is 186 Å². The zero-order valence-electron chi connectivity index (χ0n) is 44.2. The Balaban J connectivity index is 0.000000380. The first-order valence-corrected chi connectivity index (χ1v) is 25.2. The number of piperidine rings is 2. The van der Waals surface area contributed by atoms with Gasteiger partial charge in [-0.1, -0.05) is 88.4 Å². The first-order chi connectivity index (χ1) is 33.6. The summed E-state index contributed by atoms with van der Waals surface area (Å²) in [4.78, 5) is 18.1. The molecule has 0 amide bonds. The molecule has 11 nitrogen and oxygen atoms in total. The van der Waals surface area contributed by atoms with E-state index in [-0.39, 0.29) is 111 Å². The number of nitrogens with zero attached hydrogens (tertiary/aromatic N) is 5. The van der Waals surface area contributed by atoms with Gasteiger partial charge in [0, 0.05) is 72.3 Å². The minimum absolute atomic E-state index is 0. The second kappa shape index (κ2) is 35.8.